The van der Waals surface area contributed by atoms with Crippen LogP contribution >= 0.6 is 11.3 Å². The van der Waals surface area contributed by atoms with E-state index >= 15 is 0 Å². The van der Waals surface area contributed by atoms with E-state index in [-0.39, 0.29) is 17.1 Å². The van der Waals surface area contributed by atoms with Crippen LogP contribution in [0.1, 0.15) is 22.8 Å². The van der Waals surface area contributed by atoms with Crippen LogP contribution in [-0.4, -0.2) is 16.6 Å². The van der Waals surface area contributed by atoms with Gasteiger partial charge in [-0.1, -0.05) is 18.2 Å². The summed E-state index contributed by atoms with van der Waals surface area (Å²) >= 11 is 1.60. The molecule has 3 nitrogen and oxygen atoms in total. The first-order valence-corrected chi connectivity index (χ1v) is 7.68. The Morgan fingerprint density at radius 1 is 1.14 bits per heavy atom. The number of carbonyl (C=O) groups excluding carboxylic acids is 2. The highest BCUT2D eigenvalue weighted by molar-refractivity contribution is 7.17. The molecule has 0 N–H and O–H groups in total. The number of fused-ring (bicyclic) bond motifs is 1. The molecule has 108 valence electrons. The van der Waals surface area contributed by atoms with Gasteiger partial charge < -0.3 is 0 Å². The monoisotopic (exact) mass is 307 g/mol. The number of pyridine rings is 1. The van der Waals surface area contributed by atoms with Gasteiger partial charge in [0.15, 0.2) is 11.6 Å². The van der Waals surface area contributed by atoms with Crippen LogP contribution in [0.25, 0.3) is 16.2 Å². The molecular weight excluding hydrogens is 294 g/mol. The smallest absolute Gasteiger partial charge is 0.198 e. The van der Waals surface area contributed by atoms with Crippen LogP contribution in [-0.2, 0) is 4.79 Å². The van der Waals surface area contributed by atoms with Crippen molar-refractivity contribution in [3.05, 3.63) is 70.9 Å². The Morgan fingerprint density at radius 2 is 1.95 bits per heavy atom. The summed E-state index contributed by atoms with van der Waals surface area (Å²) < 4.78 is 1.13. The van der Waals surface area contributed by atoms with Gasteiger partial charge in [-0.2, -0.15) is 0 Å². The van der Waals surface area contributed by atoms with Gasteiger partial charge in [0.25, 0.3) is 0 Å². The fraction of sp³-hybridized carbons (Fsp3) is 0.0556. The summed E-state index contributed by atoms with van der Waals surface area (Å²) in [4.78, 5) is 28.4. The van der Waals surface area contributed by atoms with Crippen molar-refractivity contribution in [2.24, 2.45) is 0 Å². The van der Waals surface area contributed by atoms with Crippen LogP contribution in [0, 0.1) is 0 Å². The summed E-state index contributed by atoms with van der Waals surface area (Å²) in [6.07, 6.45) is 4.75. The van der Waals surface area contributed by atoms with Crippen LogP contribution in [0.4, 0.5) is 0 Å². The highest BCUT2D eigenvalue weighted by Gasteiger charge is 2.17. The van der Waals surface area contributed by atoms with Gasteiger partial charge in [-0.3, -0.25) is 14.6 Å². The predicted molar refractivity (Wildman–Crippen MR) is 89.1 cm³/mol. The van der Waals surface area contributed by atoms with Crippen molar-refractivity contribution in [2.75, 3.05) is 0 Å². The van der Waals surface area contributed by atoms with Crippen molar-refractivity contribution in [1.82, 2.24) is 4.98 Å². The number of rotatable bonds is 4. The number of thiophene rings is 1. The number of carbonyl (C=O) groups is 2. The van der Waals surface area contributed by atoms with Crippen molar-refractivity contribution in [3.8, 4) is 0 Å². The lowest BCUT2D eigenvalue weighted by Gasteiger charge is -2.03. The van der Waals surface area contributed by atoms with Crippen LogP contribution in [0.3, 0.4) is 0 Å². The largest absolute Gasteiger partial charge is 0.294 e. The van der Waals surface area contributed by atoms with Crippen LogP contribution in [0.5, 0.6) is 0 Å². The van der Waals surface area contributed by atoms with Crippen LogP contribution in [0.15, 0.2) is 59.7 Å². The molecule has 1 aromatic carbocycles. The third-order valence-corrected chi connectivity index (χ3v) is 4.34. The van der Waals surface area contributed by atoms with Crippen molar-refractivity contribution >= 4 is 39.1 Å². The minimum atomic E-state index is -0.295. The first-order chi connectivity index (χ1) is 10.7. The summed E-state index contributed by atoms with van der Waals surface area (Å²) in [7, 11) is 0. The lowest BCUT2D eigenvalue weighted by atomic mass is 9.99. The van der Waals surface area contributed by atoms with Gasteiger partial charge in [-0.25, -0.2) is 0 Å². The lowest BCUT2D eigenvalue weighted by molar-refractivity contribution is -0.113. The summed E-state index contributed by atoms with van der Waals surface area (Å²) in [6, 6.07) is 11.3. The molecular formula is C18H13NO2S. The van der Waals surface area contributed by atoms with Gasteiger partial charge in [-0.15, -0.1) is 11.3 Å². The second-order valence-corrected chi connectivity index (χ2v) is 5.78. The molecule has 0 fully saturated rings. The minimum Gasteiger partial charge on any atom is -0.294 e. The van der Waals surface area contributed by atoms with Gasteiger partial charge in [-0.05, 0) is 47.5 Å². The number of allylic oxidation sites excluding steroid dienone is 1. The van der Waals surface area contributed by atoms with Crippen LogP contribution in [0.2, 0.25) is 0 Å². The van der Waals surface area contributed by atoms with Crippen molar-refractivity contribution < 1.29 is 9.59 Å². The number of benzene rings is 1. The van der Waals surface area contributed by atoms with E-state index in [4.69, 9.17) is 0 Å². The number of hydrogen-bond acceptors (Lipinski definition) is 4. The number of ketones is 2. The van der Waals surface area contributed by atoms with E-state index in [0.29, 0.717) is 5.56 Å². The standard InChI is InChI=1S/C18H13NO2S/c1-12(20)16(18(21)13-5-4-8-19-10-13)9-14-11-22-17-7-3-2-6-15(14)17/h2-11H,1H3/b16-9+. The van der Waals surface area contributed by atoms with E-state index in [2.05, 4.69) is 4.98 Å². The second-order valence-electron chi connectivity index (χ2n) is 4.87. The summed E-state index contributed by atoms with van der Waals surface area (Å²) in [5.41, 5.74) is 1.49. The molecule has 4 heteroatoms. The maximum absolute atomic E-state index is 12.5. The molecule has 3 rings (SSSR count). The number of Topliss-reactive ketones (excluding diaryl/α,β-unsaturated/α-hetero) is 2. The van der Waals surface area contributed by atoms with E-state index in [1.807, 2.05) is 29.6 Å². The van der Waals surface area contributed by atoms with Gasteiger partial charge in [0.1, 0.15) is 0 Å². The zero-order chi connectivity index (χ0) is 15.5. The molecule has 3 aromatic rings. The van der Waals surface area contributed by atoms with E-state index < -0.39 is 0 Å². The van der Waals surface area contributed by atoms with Gasteiger partial charge in [0.2, 0.25) is 0 Å². The van der Waals surface area contributed by atoms with Crippen LogP contribution < -0.4 is 0 Å². The number of aromatic nitrogens is 1. The zero-order valence-electron chi connectivity index (χ0n) is 11.9. The Balaban J connectivity index is 2.08. The highest BCUT2D eigenvalue weighted by atomic mass is 32.1. The van der Waals surface area contributed by atoms with Crippen molar-refractivity contribution in [2.45, 2.75) is 6.92 Å². The fourth-order valence-corrected chi connectivity index (χ4v) is 3.16. The molecule has 2 aromatic heterocycles. The molecule has 22 heavy (non-hydrogen) atoms. The Hall–Kier alpha value is -2.59. The highest BCUT2D eigenvalue weighted by Crippen LogP contribution is 2.28. The second kappa shape index (κ2) is 6.03. The molecule has 0 aliphatic carbocycles. The van der Waals surface area contributed by atoms with E-state index in [0.717, 1.165) is 15.6 Å². The number of nitrogens with zero attached hydrogens (tertiary/aromatic N) is 1. The zero-order valence-corrected chi connectivity index (χ0v) is 12.8. The first-order valence-electron chi connectivity index (χ1n) is 6.80. The fourth-order valence-electron chi connectivity index (χ4n) is 2.25. The van der Waals surface area contributed by atoms with Gasteiger partial charge in [0.05, 0.1) is 5.57 Å². The number of hydrogen-bond donors (Lipinski definition) is 0. The molecule has 0 amide bonds. The third kappa shape index (κ3) is 2.73. The van der Waals surface area contributed by atoms with E-state index in [1.165, 1.54) is 13.1 Å². The Bertz CT molecular complexity index is 878. The normalized spacial score (nSPS) is 11.6. The molecule has 2 heterocycles. The molecule has 0 aliphatic heterocycles. The SMILES string of the molecule is CC(=O)/C(=C\c1csc2ccccc12)C(=O)c1cccnc1. The molecule has 0 radical (unpaired) electrons. The van der Waals surface area contributed by atoms with Crippen molar-refractivity contribution in [1.29, 1.82) is 0 Å². The molecule has 0 spiro atoms. The topological polar surface area (TPSA) is 47.0 Å². The Morgan fingerprint density at radius 3 is 2.68 bits per heavy atom. The Labute approximate surface area is 131 Å². The molecule has 0 atom stereocenters. The average molecular weight is 307 g/mol. The quantitative estimate of drug-likeness (QED) is 0.315. The summed E-state index contributed by atoms with van der Waals surface area (Å²) in [5.74, 6) is -0.542. The Kier molecular flexibility index (Phi) is 3.94. The maximum atomic E-state index is 12.5. The van der Waals surface area contributed by atoms with Gasteiger partial charge >= 0.3 is 0 Å². The van der Waals surface area contributed by atoms with Crippen molar-refractivity contribution in [3.63, 3.8) is 0 Å². The third-order valence-electron chi connectivity index (χ3n) is 3.36. The molecule has 0 saturated heterocycles. The summed E-state index contributed by atoms with van der Waals surface area (Å²) in [5, 5.41) is 3.01. The molecule has 0 aliphatic rings. The first kappa shape index (κ1) is 14.4. The van der Waals surface area contributed by atoms with E-state index in [1.54, 1.807) is 35.7 Å². The average Bonchev–Trinajstić information content (AvgIpc) is 2.95. The molecule has 0 saturated carbocycles. The van der Waals surface area contributed by atoms with E-state index in [9.17, 15) is 9.59 Å². The minimum absolute atomic E-state index is 0.177. The maximum Gasteiger partial charge on any atom is 0.198 e. The summed E-state index contributed by atoms with van der Waals surface area (Å²) in [6.45, 7) is 1.41. The molecule has 0 bridgehead atoms. The predicted octanol–water partition coefficient (Wildman–Crippen LogP) is 4.15. The lowest BCUT2D eigenvalue weighted by Crippen LogP contribution is -2.10. The van der Waals surface area contributed by atoms with Gasteiger partial charge in [0, 0.05) is 22.7 Å². The molecule has 0 unspecified atom stereocenters.